The van der Waals surface area contributed by atoms with Crippen molar-refractivity contribution in [2.45, 2.75) is 17.4 Å². The van der Waals surface area contributed by atoms with Crippen molar-refractivity contribution in [2.24, 2.45) is 0 Å². The molecule has 0 aliphatic carbocycles. The first kappa shape index (κ1) is 16.1. The Bertz CT molecular complexity index is 617. The number of carboxylic acids is 1. The van der Waals surface area contributed by atoms with Crippen molar-refractivity contribution in [3.8, 4) is 5.75 Å². The van der Waals surface area contributed by atoms with Gasteiger partial charge in [0.05, 0.1) is 13.5 Å². The van der Waals surface area contributed by atoms with Crippen LogP contribution < -0.4 is 4.74 Å². The van der Waals surface area contributed by atoms with Crippen molar-refractivity contribution in [2.75, 3.05) is 25.2 Å². The van der Waals surface area contributed by atoms with Crippen LogP contribution in [0, 0.1) is 0 Å². The molecule has 8 heteroatoms. The molecule has 1 aliphatic rings. The standard InChI is InChI=1S/C13H17NO5S2/c1-19-11-4-2-3-5-12(11)21(17,18)14-6-7-20-9-10(14)8-13(15)16/h2-5,10H,6-9H2,1H3,(H,15,16). The molecule has 1 aliphatic heterocycles. The highest BCUT2D eigenvalue weighted by Gasteiger charge is 2.36. The average Bonchev–Trinajstić information content (AvgIpc) is 2.47. The minimum atomic E-state index is -3.77. The van der Waals surface area contributed by atoms with Gasteiger partial charge in [0.2, 0.25) is 10.0 Å². The van der Waals surface area contributed by atoms with E-state index in [9.17, 15) is 13.2 Å². The van der Waals surface area contributed by atoms with E-state index in [1.165, 1.54) is 17.5 Å². The van der Waals surface area contributed by atoms with Gasteiger partial charge in [-0.2, -0.15) is 16.1 Å². The quantitative estimate of drug-likeness (QED) is 0.875. The predicted octanol–water partition coefficient (Wildman–Crippen LogP) is 1.28. The maximum Gasteiger partial charge on any atom is 0.305 e. The Morgan fingerprint density at radius 2 is 2.19 bits per heavy atom. The summed E-state index contributed by atoms with van der Waals surface area (Å²) >= 11 is 1.57. The fourth-order valence-corrected chi connectivity index (χ4v) is 5.33. The molecule has 1 unspecified atom stereocenters. The number of para-hydroxylation sites is 1. The molecule has 1 aromatic rings. The molecule has 2 rings (SSSR count). The molecule has 21 heavy (non-hydrogen) atoms. The van der Waals surface area contributed by atoms with E-state index in [1.807, 2.05) is 0 Å². The lowest BCUT2D eigenvalue weighted by atomic mass is 10.2. The van der Waals surface area contributed by atoms with Crippen molar-refractivity contribution < 1.29 is 23.1 Å². The van der Waals surface area contributed by atoms with Gasteiger partial charge < -0.3 is 9.84 Å². The van der Waals surface area contributed by atoms with E-state index < -0.39 is 22.0 Å². The van der Waals surface area contributed by atoms with Crippen LogP contribution in [-0.4, -0.2) is 55.0 Å². The van der Waals surface area contributed by atoms with Crippen molar-refractivity contribution in [3.63, 3.8) is 0 Å². The van der Waals surface area contributed by atoms with Gasteiger partial charge in [-0.25, -0.2) is 8.42 Å². The number of sulfonamides is 1. The lowest BCUT2D eigenvalue weighted by Crippen LogP contribution is -2.47. The number of aliphatic carboxylic acids is 1. The molecule has 1 saturated heterocycles. The smallest absolute Gasteiger partial charge is 0.305 e. The molecule has 0 aromatic heterocycles. The molecule has 1 fully saturated rings. The van der Waals surface area contributed by atoms with E-state index >= 15 is 0 Å². The van der Waals surface area contributed by atoms with Gasteiger partial charge in [0.1, 0.15) is 10.6 Å². The maximum atomic E-state index is 12.8. The van der Waals surface area contributed by atoms with Crippen LogP contribution in [0.1, 0.15) is 6.42 Å². The van der Waals surface area contributed by atoms with Crippen LogP contribution in [0.25, 0.3) is 0 Å². The third kappa shape index (κ3) is 3.50. The van der Waals surface area contributed by atoms with Gasteiger partial charge in [-0.05, 0) is 12.1 Å². The van der Waals surface area contributed by atoms with Gasteiger partial charge in [0.15, 0.2) is 0 Å². The molecule has 1 heterocycles. The third-order valence-electron chi connectivity index (χ3n) is 3.24. The van der Waals surface area contributed by atoms with Crippen molar-refractivity contribution in [3.05, 3.63) is 24.3 Å². The highest BCUT2D eigenvalue weighted by molar-refractivity contribution is 7.99. The maximum absolute atomic E-state index is 12.8. The molecule has 1 atom stereocenters. The molecule has 0 radical (unpaired) electrons. The van der Waals surface area contributed by atoms with E-state index in [0.717, 1.165) is 0 Å². The van der Waals surface area contributed by atoms with Gasteiger partial charge in [0.25, 0.3) is 0 Å². The zero-order chi connectivity index (χ0) is 15.5. The zero-order valence-electron chi connectivity index (χ0n) is 11.6. The van der Waals surface area contributed by atoms with Crippen LogP contribution in [0.3, 0.4) is 0 Å². The minimum absolute atomic E-state index is 0.0785. The first-order valence-corrected chi connectivity index (χ1v) is 9.00. The largest absolute Gasteiger partial charge is 0.495 e. The Kier molecular flexibility index (Phi) is 5.13. The summed E-state index contributed by atoms with van der Waals surface area (Å²) in [6.45, 7) is 0.309. The molecular formula is C13H17NO5S2. The van der Waals surface area contributed by atoms with Gasteiger partial charge in [-0.15, -0.1) is 0 Å². The fraction of sp³-hybridized carbons (Fsp3) is 0.462. The summed E-state index contributed by atoms with van der Waals surface area (Å²) in [6.07, 6.45) is -0.193. The topological polar surface area (TPSA) is 83.9 Å². The molecule has 0 bridgehead atoms. The zero-order valence-corrected chi connectivity index (χ0v) is 13.2. The van der Waals surface area contributed by atoms with Crippen molar-refractivity contribution in [1.29, 1.82) is 0 Å². The second-order valence-corrected chi connectivity index (χ2v) is 7.60. The lowest BCUT2D eigenvalue weighted by molar-refractivity contribution is -0.137. The van der Waals surface area contributed by atoms with Crippen LogP contribution >= 0.6 is 11.8 Å². The van der Waals surface area contributed by atoms with E-state index in [1.54, 1.807) is 30.0 Å². The summed E-state index contributed by atoms with van der Waals surface area (Å²) in [6, 6.07) is 5.85. The lowest BCUT2D eigenvalue weighted by Gasteiger charge is -2.33. The van der Waals surface area contributed by atoms with Gasteiger partial charge >= 0.3 is 5.97 Å². The van der Waals surface area contributed by atoms with E-state index in [-0.39, 0.29) is 17.1 Å². The Hall–Kier alpha value is -1.25. The molecule has 6 nitrogen and oxygen atoms in total. The van der Waals surface area contributed by atoms with Crippen LogP contribution in [0.15, 0.2) is 29.2 Å². The molecular weight excluding hydrogens is 314 g/mol. The summed E-state index contributed by atoms with van der Waals surface area (Å²) in [5.41, 5.74) is 0. The summed E-state index contributed by atoms with van der Waals surface area (Å²) in [5.74, 6) is 0.415. The third-order valence-corrected chi connectivity index (χ3v) is 6.32. The SMILES string of the molecule is COc1ccccc1S(=O)(=O)N1CCSCC1CC(=O)O. The normalized spacial score (nSPS) is 20.1. The minimum Gasteiger partial charge on any atom is -0.495 e. The highest BCUT2D eigenvalue weighted by atomic mass is 32.2. The summed E-state index contributed by atoms with van der Waals surface area (Å²) in [7, 11) is -2.36. The molecule has 0 spiro atoms. The van der Waals surface area contributed by atoms with Crippen LogP contribution in [0.4, 0.5) is 0 Å². The Morgan fingerprint density at radius 3 is 2.86 bits per heavy atom. The predicted molar refractivity (Wildman–Crippen MR) is 80.3 cm³/mol. The average molecular weight is 331 g/mol. The van der Waals surface area contributed by atoms with Gasteiger partial charge in [-0.3, -0.25) is 4.79 Å². The molecule has 116 valence electrons. The number of thioether (sulfide) groups is 1. The first-order valence-electron chi connectivity index (χ1n) is 6.41. The number of methoxy groups -OCH3 is 1. The van der Waals surface area contributed by atoms with Gasteiger partial charge in [-0.1, -0.05) is 12.1 Å². The number of nitrogens with zero attached hydrogens (tertiary/aromatic N) is 1. The van der Waals surface area contributed by atoms with Gasteiger partial charge in [0, 0.05) is 24.1 Å². The second kappa shape index (κ2) is 6.67. The number of benzene rings is 1. The summed E-state index contributed by atoms with van der Waals surface area (Å²) in [5, 5.41) is 8.97. The Morgan fingerprint density at radius 1 is 1.48 bits per heavy atom. The monoisotopic (exact) mass is 331 g/mol. The number of rotatable bonds is 5. The number of hydrogen-bond acceptors (Lipinski definition) is 5. The van der Waals surface area contributed by atoms with E-state index in [0.29, 0.717) is 18.1 Å². The van der Waals surface area contributed by atoms with Crippen molar-refractivity contribution in [1.82, 2.24) is 4.31 Å². The van der Waals surface area contributed by atoms with Crippen LogP contribution in [0.2, 0.25) is 0 Å². The second-order valence-electron chi connectivity index (χ2n) is 4.59. The number of carbonyl (C=O) groups is 1. The summed E-state index contributed by atoms with van der Waals surface area (Å²) < 4.78 is 32.0. The number of hydrogen-bond donors (Lipinski definition) is 1. The molecule has 1 N–H and O–H groups in total. The number of carboxylic acid groups (broad SMARTS) is 1. The molecule has 1 aromatic carbocycles. The first-order chi connectivity index (χ1) is 9.96. The number of ether oxygens (including phenoxy) is 1. The Balaban J connectivity index is 2.38. The fourth-order valence-electron chi connectivity index (χ4n) is 2.28. The molecule has 0 saturated carbocycles. The Labute approximate surface area is 128 Å². The van der Waals surface area contributed by atoms with Crippen LogP contribution in [0.5, 0.6) is 5.75 Å². The van der Waals surface area contributed by atoms with Crippen LogP contribution in [-0.2, 0) is 14.8 Å². The highest BCUT2D eigenvalue weighted by Crippen LogP contribution is 2.31. The van der Waals surface area contributed by atoms with E-state index in [2.05, 4.69) is 0 Å². The van der Waals surface area contributed by atoms with Crippen molar-refractivity contribution >= 4 is 27.8 Å². The summed E-state index contributed by atoms with van der Waals surface area (Å²) in [4.78, 5) is 11.0. The van der Waals surface area contributed by atoms with E-state index in [4.69, 9.17) is 9.84 Å². The molecule has 0 amide bonds.